The molecule has 1 unspecified atom stereocenters. The summed E-state index contributed by atoms with van der Waals surface area (Å²) < 4.78 is 14.3. The zero-order chi connectivity index (χ0) is 15.0. The minimum atomic E-state index is -0.914. The van der Waals surface area contributed by atoms with E-state index in [-0.39, 0.29) is 12.6 Å². The van der Waals surface area contributed by atoms with Gasteiger partial charge in [0, 0.05) is 13.5 Å². The Labute approximate surface area is 120 Å². The van der Waals surface area contributed by atoms with Crippen molar-refractivity contribution in [1.82, 2.24) is 4.90 Å². The lowest BCUT2D eigenvalue weighted by Gasteiger charge is -2.29. The Bertz CT molecular complexity index is 313. The summed E-state index contributed by atoms with van der Waals surface area (Å²) in [4.78, 5) is 24.9. The van der Waals surface area contributed by atoms with Gasteiger partial charge in [-0.3, -0.25) is 4.79 Å². The van der Waals surface area contributed by atoms with E-state index in [2.05, 4.69) is 16.6 Å². The van der Waals surface area contributed by atoms with Gasteiger partial charge < -0.3 is 19.1 Å². The summed E-state index contributed by atoms with van der Waals surface area (Å²) >= 11 is 0. The van der Waals surface area contributed by atoms with Crippen LogP contribution < -0.4 is 0 Å². The van der Waals surface area contributed by atoms with Crippen LogP contribution in [0.3, 0.4) is 0 Å². The fourth-order valence-electron chi connectivity index (χ4n) is 2.09. The van der Waals surface area contributed by atoms with Gasteiger partial charge in [-0.2, -0.15) is 0 Å². The van der Waals surface area contributed by atoms with E-state index in [9.17, 15) is 9.59 Å². The van der Waals surface area contributed by atoms with E-state index >= 15 is 0 Å². The van der Waals surface area contributed by atoms with Gasteiger partial charge in [0.1, 0.15) is 0 Å². The summed E-state index contributed by atoms with van der Waals surface area (Å²) in [5.74, 6) is 0.414. The van der Waals surface area contributed by atoms with Crippen LogP contribution in [0, 0.1) is 5.92 Å². The highest BCUT2D eigenvalue weighted by Gasteiger charge is 2.18. The van der Waals surface area contributed by atoms with Crippen molar-refractivity contribution in [2.24, 2.45) is 5.92 Å². The standard InChI is InChI=1S/C14H25NO5/c1-4-18-14(17)20-12(3)19-13(16)7-10-15-8-5-11(2)6-9-15/h11-12H,4-10H2,1-3H3. The molecule has 1 rings (SSSR count). The average molecular weight is 287 g/mol. The van der Waals surface area contributed by atoms with Gasteiger partial charge in [0.2, 0.25) is 6.29 Å². The van der Waals surface area contributed by atoms with E-state index in [4.69, 9.17) is 9.47 Å². The molecule has 0 aliphatic carbocycles. The Kier molecular flexibility index (Phi) is 7.36. The first-order valence-corrected chi connectivity index (χ1v) is 7.26. The normalized spacial score (nSPS) is 18.4. The first-order valence-electron chi connectivity index (χ1n) is 7.26. The lowest BCUT2D eigenvalue weighted by atomic mass is 9.99. The highest BCUT2D eigenvalue weighted by Crippen LogP contribution is 2.16. The molecule has 0 aromatic rings. The number of hydrogen-bond donors (Lipinski definition) is 0. The molecule has 0 aromatic carbocycles. The Morgan fingerprint density at radius 1 is 1.25 bits per heavy atom. The second-order valence-corrected chi connectivity index (χ2v) is 5.13. The maximum atomic E-state index is 11.6. The molecular formula is C14H25NO5. The molecule has 0 radical (unpaired) electrons. The molecule has 1 heterocycles. The number of nitrogens with zero attached hydrogens (tertiary/aromatic N) is 1. The maximum absolute atomic E-state index is 11.6. The minimum Gasteiger partial charge on any atom is -0.435 e. The van der Waals surface area contributed by atoms with E-state index in [0.29, 0.717) is 13.0 Å². The van der Waals surface area contributed by atoms with E-state index in [1.807, 2.05) is 0 Å². The van der Waals surface area contributed by atoms with Crippen LogP contribution in [-0.4, -0.2) is 49.6 Å². The van der Waals surface area contributed by atoms with Crippen LogP contribution in [0.5, 0.6) is 0 Å². The largest absolute Gasteiger partial charge is 0.511 e. The molecule has 0 bridgehead atoms. The third-order valence-corrected chi connectivity index (χ3v) is 3.33. The second-order valence-electron chi connectivity index (χ2n) is 5.13. The zero-order valence-corrected chi connectivity index (χ0v) is 12.6. The van der Waals surface area contributed by atoms with Gasteiger partial charge in [-0.05, 0) is 38.8 Å². The van der Waals surface area contributed by atoms with Crippen LogP contribution >= 0.6 is 0 Å². The van der Waals surface area contributed by atoms with E-state index in [1.165, 1.54) is 19.8 Å². The van der Waals surface area contributed by atoms with E-state index in [0.717, 1.165) is 19.0 Å². The van der Waals surface area contributed by atoms with Crippen molar-refractivity contribution in [2.45, 2.75) is 46.3 Å². The molecule has 116 valence electrons. The topological polar surface area (TPSA) is 65.1 Å². The molecule has 0 N–H and O–H groups in total. The van der Waals surface area contributed by atoms with Gasteiger partial charge in [-0.15, -0.1) is 0 Å². The number of hydrogen-bond acceptors (Lipinski definition) is 6. The summed E-state index contributed by atoms with van der Waals surface area (Å²) in [6, 6.07) is 0. The average Bonchev–Trinajstić information content (AvgIpc) is 2.38. The van der Waals surface area contributed by atoms with Crippen molar-refractivity contribution in [3.8, 4) is 0 Å². The van der Waals surface area contributed by atoms with Gasteiger partial charge in [0.15, 0.2) is 0 Å². The molecule has 20 heavy (non-hydrogen) atoms. The molecule has 1 fully saturated rings. The van der Waals surface area contributed by atoms with Crippen LogP contribution in [0.25, 0.3) is 0 Å². The number of esters is 1. The lowest BCUT2D eigenvalue weighted by molar-refractivity contribution is -0.168. The molecule has 6 heteroatoms. The third-order valence-electron chi connectivity index (χ3n) is 3.33. The highest BCUT2D eigenvalue weighted by molar-refractivity contribution is 5.70. The molecule has 1 aliphatic heterocycles. The quantitative estimate of drug-likeness (QED) is 0.551. The summed E-state index contributed by atoms with van der Waals surface area (Å²) in [6.07, 6.45) is 0.931. The van der Waals surface area contributed by atoms with Gasteiger partial charge >= 0.3 is 12.1 Å². The van der Waals surface area contributed by atoms with Crippen LogP contribution in [0.2, 0.25) is 0 Å². The van der Waals surface area contributed by atoms with Gasteiger partial charge in [-0.25, -0.2) is 4.79 Å². The zero-order valence-electron chi connectivity index (χ0n) is 12.6. The summed E-state index contributed by atoms with van der Waals surface area (Å²) in [7, 11) is 0. The highest BCUT2D eigenvalue weighted by atomic mass is 16.8. The number of carbonyl (C=O) groups is 2. The fourth-order valence-corrected chi connectivity index (χ4v) is 2.09. The number of piperidine rings is 1. The van der Waals surface area contributed by atoms with Crippen molar-refractivity contribution in [3.63, 3.8) is 0 Å². The number of rotatable bonds is 6. The van der Waals surface area contributed by atoms with Crippen molar-refractivity contribution in [2.75, 3.05) is 26.2 Å². The van der Waals surface area contributed by atoms with Gasteiger partial charge in [0.25, 0.3) is 0 Å². The van der Waals surface area contributed by atoms with Gasteiger partial charge in [-0.1, -0.05) is 6.92 Å². The molecule has 6 nitrogen and oxygen atoms in total. The van der Waals surface area contributed by atoms with Crippen LogP contribution in [-0.2, 0) is 19.0 Å². The molecule has 1 saturated heterocycles. The third kappa shape index (κ3) is 6.75. The Balaban J connectivity index is 2.14. The van der Waals surface area contributed by atoms with Crippen molar-refractivity contribution in [1.29, 1.82) is 0 Å². The molecule has 0 aromatic heterocycles. The predicted octanol–water partition coefficient (Wildman–Crippen LogP) is 2.17. The van der Waals surface area contributed by atoms with Crippen molar-refractivity contribution >= 4 is 12.1 Å². The predicted molar refractivity (Wildman–Crippen MR) is 73.1 cm³/mol. The van der Waals surface area contributed by atoms with Gasteiger partial charge in [0.05, 0.1) is 13.0 Å². The van der Waals surface area contributed by atoms with Crippen LogP contribution in [0.4, 0.5) is 4.79 Å². The first kappa shape index (κ1) is 16.8. The first-order chi connectivity index (χ1) is 9.51. The molecule has 0 spiro atoms. The van der Waals surface area contributed by atoms with Crippen LogP contribution in [0.1, 0.15) is 40.0 Å². The Morgan fingerprint density at radius 2 is 1.90 bits per heavy atom. The smallest absolute Gasteiger partial charge is 0.435 e. The summed E-state index contributed by atoms with van der Waals surface area (Å²) in [5.41, 5.74) is 0. The maximum Gasteiger partial charge on any atom is 0.511 e. The number of ether oxygens (including phenoxy) is 3. The SMILES string of the molecule is CCOC(=O)OC(C)OC(=O)CCN1CCC(C)CC1. The Hall–Kier alpha value is -1.30. The fraction of sp³-hybridized carbons (Fsp3) is 0.857. The lowest BCUT2D eigenvalue weighted by Crippen LogP contribution is -2.35. The molecule has 0 saturated carbocycles. The summed E-state index contributed by atoms with van der Waals surface area (Å²) in [5, 5.41) is 0. The van der Waals surface area contributed by atoms with E-state index < -0.39 is 12.4 Å². The molecule has 1 atom stereocenters. The minimum absolute atomic E-state index is 0.229. The number of carbonyl (C=O) groups excluding carboxylic acids is 2. The van der Waals surface area contributed by atoms with Crippen molar-refractivity contribution < 1.29 is 23.8 Å². The van der Waals surface area contributed by atoms with Crippen LogP contribution in [0.15, 0.2) is 0 Å². The van der Waals surface area contributed by atoms with Crippen molar-refractivity contribution in [3.05, 3.63) is 0 Å². The van der Waals surface area contributed by atoms with E-state index in [1.54, 1.807) is 6.92 Å². The molecule has 1 aliphatic rings. The number of likely N-dealkylation sites (tertiary alicyclic amines) is 1. The molecular weight excluding hydrogens is 262 g/mol. The Morgan fingerprint density at radius 3 is 2.50 bits per heavy atom. The second kappa shape index (κ2) is 8.79. The monoisotopic (exact) mass is 287 g/mol. The summed E-state index contributed by atoms with van der Waals surface area (Å²) in [6.45, 7) is 8.41. The molecule has 0 amide bonds.